The molecule has 3 rings (SSSR count). The molecule has 7 heteroatoms. The zero-order valence-corrected chi connectivity index (χ0v) is 18.4. The summed E-state index contributed by atoms with van der Waals surface area (Å²) in [6.07, 6.45) is 3.23. The molecular formula is C26H23FN2O4. The van der Waals surface area contributed by atoms with Crippen LogP contribution in [-0.4, -0.2) is 29.9 Å². The van der Waals surface area contributed by atoms with Crippen molar-refractivity contribution in [3.63, 3.8) is 0 Å². The lowest BCUT2D eigenvalue weighted by molar-refractivity contribution is -0.141. The van der Waals surface area contributed by atoms with E-state index in [0.29, 0.717) is 41.4 Å². The summed E-state index contributed by atoms with van der Waals surface area (Å²) >= 11 is 0. The van der Waals surface area contributed by atoms with Crippen molar-refractivity contribution in [2.45, 2.75) is 20.4 Å². The predicted molar refractivity (Wildman–Crippen MR) is 122 cm³/mol. The summed E-state index contributed by atoms with van der Waals surface area (Å²) in [7, 11) is 0. The van der Waals surface area contributed by atoms with Crippen LogP contribution >= 0.6 is 0 Å². The molecule has 2 aromatic rings. The molecule has 0 unspecified atom stereocenters. The number of benzene rings is 2. The molecule has 33 heavy (non-hydrogen) atoms. The van der Waals surface area contributed by atoms with Crippen molar-refractivity contribution < 1.29 is 23.5 Å². The molecule has 0 aliphatic carbocycles. The smallest absolute Gasteiger partial charge is 0.271 e. The average molecular weight is 446 g/mol. The molecular weight excluding hydrogens is 423 g/mol. The van der Waals surface area contributed by atoms with Gasteiger partial charge < -0.3 is 9.47 Å². The highest BCUT2D eigenvalue weighted by Gasteiger charge is 2.35. The molecule has 0 saturated heterocycles. The van der Waals surface area contributed by atoms with Gasteiger partial charge in [-0.1, -0.05) is 30.9 Å². The standard InChI is InChI=1S/C26H23FN2O4/c1-4-12-33-23-11-8-19(14-24(23)32-5-2)13-21-17(3)22(15-28)26(31)29(25(21)30)16-18-6-9-20(27)10-7-18/h4,6-11,13-14H,1,5,12,16H2,2-3H3/b21-13+. The average Bonchev–Trinajstić information content (AvgIpc) is 2.81. The summed E-state index contributed by atoms with van der Waals surface area (Å²) in [5.41, 5.74) is 1.61. The highest BCUT2D eigenvalue weighted by molar-refractivity contribution is 6.19. The molecule has 0 aromatic heterocycles. The number of hydrogen-bond donors (Lipinski definition) is 0. The maximum Gasteiger partial charge on any atom is 0.271 e. The Morgan fingerprint density at radius 2 is 1.82 bits per heavy atom. The largest absolute Gasteiger partial charge is 0.490 e. The number of ether oxygens (including phenoxy) is 2. The van der Waals surface area contributed by atoms with Crippen molar-refractivity contribution in [2.75, 3.05) is 13.2 Å². The number of rotatable bonds is 8. The summed E-state index contributed by atoms with van der Waals surface area (Å²) in [5, 5.41) is 9.57. The molecule has 2 aromatic carbocycles. The Morgan fingerprint density at radius 3 is 2.45 bits per heavy atom. The van der Waals surface area contributed by atoms with Crippen molar-refractivity contribution in [1.29, 1.82) is 5.26 Å². The fourth-order valence-corrected chi connectivity index (χ4v) is 3.36. The number of nitriles is 1. The van der Waals surface area contributed by atoms with Gasteiger partial charge in [-0.25, -0.2) is 4.39 Å². The number of carbonyl (C=O) groups is 2. The van der Waals surface area contributed by atoms with Crippen LogP contribution in [0.15, 0.2) is 71.8 Å². The maximum atomic E-state index is 13.3. The predicted octanol–water partition coefficient (Wildman–Crippen LogP) is 4.58. The SMILES string of the molecule is C=CCOc1ccc(/C=C2/C(=O)N(Cc3ccc(F)cc3)C(=O)C(C#N)=C2C)cc1OCC. The lowest BCUT2D eigenvalue weighted by atomic mass is 9.93. The van der Waals surface area contributed by atoms with E-state index in [2.05, 4.69) is 6.58 Å². The number of hydrogen-bond acceptors (Lipinski definition) is 5. The summed E-state index contributed by atoms with van der Waals surface area (Å²) < 4.78 is 24.5. The summed E-state index contributed by atoms with van der Waals surface area (Å²) in [6.45, 7) is 7.70. The van der Waals surface area contributed by atoms with E-state index >= 15 is 0 Å². The molecule has 0 radical (unpaired) electrons. The molecule has 2 amide bonds. The summed E-state index contributed by atoms with van der Waals surface area (Å²) in [5.74, 6) is -0.601. The summed E-state index contributed by atoms with van der Waals surface area (Å²) in [6, 6.07) is 12.6. The Bertz CT molecular complexity index is 1190. The van der Waals surface area contributed by atoms with Crippen LogP contribution in [0.3, 0.4) is 0 Å². The van der Waals surface area contributed by atoms with Crippen molar-refractivity contribution >= 4 is 17.9 Å². The summed E-state index contributed by atoms with van der Waals surface area (Å²) in [4.78, 5) is 27.1. The third-order valence-electron chi connectivity index (χ3n) is 5.01. The zero-order valence-electron chi connectivity index (χ0n) is 18.4. The molecule has 1 heterocycles. The third kappa shape index (κ3) is 5.18. The molecule has 0 N–H and O–H groups in total. The van der Waals surface area contributed by atoms with E-state index < -0.39 is 17.6 Å². The van der Waals surface area contributed by atoms with E-state index in [4.69, 9.17) is 9.47 Å². The normalized spacial score (nSPS) is 15.0. The van der Waals surface area contributed by atoms with E-state index in [0.717, 1.165) is 4.90 Å². The Morgan fingerprint density at radius 1 is 1.09 bits per heavy atom. The van der Waals surface area contributed by atoms with Gasteiger partial charge in [0.25, 0.3) is 11.8 Å². The van der Waals surface area contributed by atoms with Gasteiger partial charge in [0.15, 0.2) is 11.5 Å². The van der Waals surface area contributed by atoms with Gasteiger partial charge in [0.05, 0.1) is 13.2 Å². The van der Waals surface area contributed by atoms with E-state index in [1.165, 1.54) is 24.3 Å². The zero-order chi connectivity index (χ0) is 24.0. The first-order valence-electron chi connectivity index (χ1n) is 10.3. The van der Waals surface area contributed by atoms with Crippen LogP contribution in [0.5, 0.6) is 11.5 Å². The highest BCUT2D eigenvalue weighted by Crippen LogP contribution is 2.32. The van der Waals surface area contributed by atoms with Crippen LogP contribution in [0.1, 0.15) is 25.0 Å². The van der Waals surface area contributed by atoms with E-state index in [1.807, 2.05) is 13.0 Å². The Labute approximate surface area is 191 Å². The molecule has 6 nitrogen and oxygen atoms in total. The van der Waals surface area contributed by atoms with Gasteiger partial charge in [0.1, 0.15) is 24.1 Å². The second-order valence-corrected chi connectivity index (χ2v) is 7.23. The first kappa shape index (κ1) is 23.5. The molecule has 1 aliphatic heterocycles. The highest BCUT2D eigenvalue weighted by atomic mass is 19.1. The van der Waals surface area contributed by atoms with Crippen molar-refractivity contribution in [2.24, 2.45) is 0 Å². The third-order valence-corrected chi connectivity index (χ3v) is 5.01. The topological polar surface area (TPSA) is 79.6 Å². The van der Waals surface area contributed by atoms with E-state index in [1.54, 1.807) is 37.3 Å². The number of carbonyl (C=O) groups excluding carboxylic acids is 2. The quantitative estimate of drug-likeness (QED) is 0.337. The molecule has 0 fully saturated rings. The van der Waals surface area contributed by atoms with Crippen molar-refractivity contribution in [1.82, 2.24) is 4.90 Å². The molecule has 168 valence electrons. The van der Waals surface area contributed by atoms with Crippen LogP contribution in [-0.2, 0) is 16.1 Å². The molecule has 1 aliphatic rings. The fourth-order valence-electron chi connectivity index (χ4n) is 3.36. The number of nitrogens with zero attached hydrogens (tertiary/aromatic N) is 2. The minimum absolute atomic E-state index is 0.0771. The molecule has 0 spiro atoms. The van der Waals surface area contributed by atoms with Crippen LogP contribution in [0.2, 0.25) is 0 Å². The van der Waals surface area contributed by atoms with Crippen LogP contribution in [0.4, 0.5) is 4.39 Å². The minimum atomic E-state index is -0.676. The lowest BCUT2D eigenvalue weighted by Gasteiger charge is -2.27. The first-order valence-corrected chi connectivity index (χ1v) is 10.3. The van der Waals surface area contributed by atoms with Gasteiger partial charge in [0.2, 0.25) is 0 Å². The van der Waals surface area contributed by atoms with Crippen molar-refractivity contribution in [3.05, 3.63) is 88.8 Å². The number of imide groups is 1. The molecule has 0 saturated carbocycles. The van der Waals surface area contributed by atoms with Crippen LogP contribution in [0, 0.1) is 17.1 Å². The van der Waals surface area contributed by atoms with Gasteiger partial charge in [-0.2, -0.15) is 5.26 Å². The van der Waals surface area contributed by atoms with Crippen LogP contribution in [0.25, 0.3) is 6.08 Å². The second-order valence-electron chi connectivity index (χ2n) is 7.23. The van der Waals surface area contributed by atoms with Gasteiger partial charge in [-0.05, 0) is 60.9 Å². The minimum Gasteiger partial charge on any atom is -0.490 e. The first-order chi connectivity index (χ1) is 15.9. The monoisotopic (exact) mass is 446 g/mol. The van der Waals surface area contributed by atoms with Gasteiger partial charge in [0, 0.05) is 5.57 Å². The second kappa shape index (κ2) is 10.4. The fraction of sp³-hybridized carbons (Fsp3) is 0.192. The Kier molecular flexibility index (Phi) is 7.42. The van der Waals surface area contributed by atoms with Gasteiger partial charge >= 0.3 is 0 Å². The Balaban J connectivity index is 2.02. The van der Waals surface area contributed by atoms with Crippen LogP contribution < -0.4 is 9.47 Å². The van der Waals surface area contributed by atoms with E-state index in [9.17, 15) is 19.2 Å². The number of amides is 2. The molecule has 0 bridgehead atoms. The van der Waals surface area contributed by atoms with Gasteiger partial charge in [-0.3, -0.25) is 14.5 Å². The van der Waals surface area contributed by atoms with E-state index in [-0.39, 0.29) is 17.7 Å². The number of halogens is 1. The van der Waals surface area contributed by atoms with Gasteiger partial charge in [-0.15, -0.1) is 0 Å². The maximum absolute atomic E-state index is 13.3. The Hall–Kier alpha value is -4.18. The lowest BCUT2D eigenvalue weighted by Crippen LogP contribution is -2.42. The molecule has 0 atom stereocenters. The van der Waals surface area contributed by atoms with Crippen molar-refractivity contribution in [3.8, 4) is 17.6 Å².